The third-order valence-corrected chi connectivity index (χ3v) is 4.40. The predicted octanol–water partition coefficient (Wildman–Crippen LogP) is 4.58. The molecule has 2 heterocycles. The number of hydrogen-bond acceptors (Lipinski definition) is 6. The summed E-state index contributed by atoms with van der Waals surface area (Å²) >= 11 is 7.35. The normalized spacial score (nSPS) is 11.0. The van der Waals surface area contributed by atoms with E-state index in [0.717, 1.165) is 10.2 Å². The average molecular weight is 344 g/mol. The Bertz CT molecular complexity index is 916. The van der Waals surface area contributed by atoms with Crippen molar-refractivity contribution in [2.24, 2.45) is 0 Å². The second kappa shape index (κ2) is 5.98. The van der Waals surface area contributed by atoms with Gasteiger partial charge in [-0.2, -0.15) is 0 Å². The molecule has 2 aromatic carbocycles. The molecule has 0 unspecified atom stereocenters. The highest BCUT2D eigenvalue weighted by atomic mass is 35.5. The van der Waals surface area contributed by atoms with Crippen molar-refractivity contribution in [1.29, 1.82) is 0 Å². The third kappa shape index (κ3) is 3.04. The van der Waals surface area contributed by atoms with Gasteiger partial charge in [0, 0.05) is 5.02 Å². The molecule has 0 saturated carbocycles. The Kier molecular flexibility index (Phi) is 3.69. The van der Waals surface area contributed by atoms with Crippen LogP contribution in [-0.2, 0) is 6.61 Å². The molecular weight excluding hydrogens is 334 g/mol. The largest absolute Gasteiger partial charge is 0.484 e. The van der Waals surface area contributed by atoms with Gasteiger partial charge < -0.3 is 9.15 Å². The molecule has 23 heavy (non-hydrogen) atoms. The van der Waals surface area contributed by atoms with Gasteiger partial charge in [-0.25, -0.2) is 4.98 Å². The number of thiazole rings is 1. The molecule has 0 fully saturated rings. The zero-order valence-corrected chi connectivity index (χ0v) is 13.3. The van der Waals surface area contributed by atoms with Crippen LogP contribution in [0.1, 0.15) is 5.89 Å². The van der Waals surface area contributed by atoms with Crippen LogP contribution in [0.5, 0.6) is 5.75 Å². The van der Waals surface area contributed by atoms with Crippen LogP contribution in [0.4, 0.5) is 0 Å². The fourth-order valence-electron chi connectivity index (χ4n) is 2.04. The molecule has 0 spiro atoms. The number of halogens is 1. The van der Waals surface area contributed by atoms with Gasteiger partial charge in [-0.15, -0.1) is 21.5 Å². The van der Waals surface area contributed by atoms with Crippen LogP contribution in [0.25, 0.3) is 21.1 Å². The number of benzene rings is 2. The monoisotopic (exact) mass is 343 g/mol. The van der Waals surface area contributed by atoms with Crippen LogP contribution in [0.2, 0.25) is 5.02 Å². The maximum Gasteiger partial charge on any atom is 0.276 e. The highest BCUT2D eigenvalue weighted by molar-refractivity contribution is 7.21. The van der Waals surface area contributed by atoms with Gasteiger partial charge in [0.1, 0.15) is 5.75 Å². The molecule has 0 aliphatic rings. The van der Waals surface area contributed by atoms with Crippen molar-refractivity contribution in [1.82, 2.24) is 15.2 Å². The van der Waals surface area contributed by atoms with Crippen molar-refractivity contribution < 1.29 is 9.15 Å². The Morgan fingerprint density at radius 1 is 1.04 bits per heavy atom. The van der Waals surface area contributed by atoms with Crippen LogP contribution >= 0.6 is 22.9 Å². The lowest BCUT2D eigenvalue weighted by molar-refractivity contribution is 0.264. The average Bonchev–Trinajstić information content (AvgIpc) is 3.21. The summed E-state index contributed by atoms with van der Waals surface area (Å²) in [4.78, 5) is 4.49. The summed E-state index contributed by atoms with van der Waals surface area (Å²) in [6.45, 7) is 0.194. The van der Waals surface area contributed by atoms with Crippen molar-refractivity contribution in [2.45, 2.75) is 6.61 Å². The van der Waals surface area contributed by atoms with E-state index in [4.69, 9.17) is 20.8 Å². The van der Waals surface area contributed by atoms with Gasteiger partial charge in [0.05, 0.1) is 10.2 Å². The van der Waals surface area contributed by atoms with Crippen molar-refractivity contribution in [3.05, 3.63) is 59.4 Å². The lowest BCUT2D eigenvalue weighted by Crippen LogP contribution is -1.95. The van der Waals surface area contributed by atoms with Gasteiger partial charge in [0.2, 0.25) is 0 Å². The van der Waals surface area contributed by atoms with Crippen molar-refractivity contribution in [3.63, 3.8) is 0 Å². The molecule has 0 saturated heterocycles. The van der Waals surface area contributed by atoms with Crippen molar-refractivity contribution in [3.8, 4) is 16.6 Å². The van der Waals surface area contributed by atoms with E-state index in [9.17, 15) is 0 Å². The first-order valence-corrected chi connectivity index (χ1v) is 8.04. The van der Waals surface area contributed by atoms with Crippen LogP contribution in [0.15, 0.2) is 52.9 Å². The number of nitrogens with zero attached hydrogens (tertiary/aromatic N) is 3. The van der Waals surface area contributed by atoms with E-state index in [1.54, 1.807) is 24.3 Å². The molecule has 4 aromatic rings. The summed E-state index contributed by atoms with van der Waals surface area (Å²) in [6.07, 6.45) is 0. The van der Waals surface area contributed by atoms with E-state index in [-0.39, 0.29) is 6.61 Å². The van der Waals surface area contributed by atoms with Gasteiger partial charge >= 0.3 is 0 Å². The molecule has 114 valence electrons. The van der Waals surface area contributed by atoms with E-state index in [1.807, 2.05) is 24.3 Å². The fourth-order valence-corrected chi connectivity index (χ4v) is 3.05. The highest BCUT2D eigenvalue weighted by Crippen LogP contribution is 2.29. The molecule has 0 radical (unpaired) electrons. The van der Waals surface area contributed by atoms with E-state index < -0.39 is 0 Å². The molecule has 0 aliphatic heterocycles. The van der Waals surface area contributed by atoms with Crippen LogP contribution in [0, 0.1) is 0 Å². The smallest absolute Gasteiger partial charge is 0.276 e. The second-order valence-corrected chi connectivity index (χ2v) is 6.20. The van der Waals surface area contributed by atoms with Crippen LogP contribution in [0.3, 0.4) is 0 Å². The maximum atomic E-state index is 5.83. The zero-order valence-electron chi connectivity index (χ0n) is 11.8. The van der Waals surface area contributed by atoms with Gasteiger partial charge in [0.15, 0.2) is 11.6 Å². The quantitative estimate of drug-likeness (QED) is 0.542. The molecule has 4 rings (SSSR count). The van der Waals surface area contributed by atoms with Gasteiger partial charge in [-0.05, 0) is 36.4 Å². The highest BCUT2D eigenvalue weighted by Gasteiger charge is 2.13. The van der Waals surface area contributed by atoms with Crippen molar-refractivity contribution in [2.75, 3.05) is 0 Å². The summed E-state index contributed by atoms with van der Waals surface area (Å²) in [6, 6.07) is 15.0. The number of aromatic nitrogens is 3. The lowest BCUT2D eigenvalue weighted by atomic mass is 10.3. The first kappa shape index (κ1) is 14.2. The molecule has 2 aromatic heterocycles. The molecule has 7 heteroatoms. The third-order valence-electron chi connectivity index (χ3n) is 3.12. The SMILES string of the molecule is Clc1ccc(OCc2nnc(-c3nc4ccccc4s3)o2)cc1. The number of ether oxygens (including phenoxy) is 1. The minimum atomic E-state index is 0.194. The molecule has 0 atom stereocenters. The van der Waals surface area contributed by atoms with E-state index in [2.05, 4.69) is 15.2 Å². The number of fused-ring (bicyclic) bond motifs is 1. The number of para-hydroxylation sites is 1. The van der Waals surface area contributed by atoms with Gasteiger partial charge in [-0.1, -0.05) is 23.7 Å². The summed E-state index contributed by atoms with van der Waals surface area (Å²) in [5.41, 5.74) is 0.921. The number of hydrogen-bond donors (Lipinski definition) is 0. The Labute approximate surface area is 140 Å². The zero-order chi connectivity index (χ0) is 15.6. The number of rotatable bonds is 4. The standard InChI is InChI=1S/C16H10ClN3O2S/c17-10-5-7-11(8-6-10)21-9-14-19-20-15(22-14)16-18-12-3-1-2-4-13(12)23-16/h1-8H,9H2. The Morgan fingerprint density at radius 3 is 2.70 bits per heavy atom. The van der Waals surface area contributed by atoms with E-state index in [1.165, 1.54) is 11.3 Å². The summed E-state index contributed by atoms with van der Waals surface area (Å²) in [7, 11) is 0. The molecule has 0 aliphatic carbocycles. The first-order valence-electron chi connectivity index (χ1n) is 6.84. The first-order chi connectivity index (χ1) is 11.3. The Morgan fingerprint density at radius 2 is 1.87 bits per heavy atom. The maximum absolute atomic E-state index is 5.83. The molecule has 0 bridgehead atoms. The Balaban J connectivity index is 1.51. The summed E-state index contributed by atoms with van der Waals surface area (Å²) < 4.78 is 12.3. The second-order valence-electron chi connectivity index (χ2n) is 4.73. The lowest BCUT2D eigenvalue weighted by Gasteiger charge is -2.02. The van der Waals surface area contributed by atoms with Crippen LogP contribution < -0.4 is 4.74 Å². The minimum absolute atomic E-state index is 0.194. The molecule has 0 amide bonds. The summed E-state index contributed by atoms with van der Waals surface area (Å²) in [5.74, 6) is 1.49. The minimum Gasteiger partial charge on any atom is -0.484 e. The van der Waals surface area contributed by atoms with E-state index in [0.29, 0.717) is 27.6 Å². The summed E-state index contributed by atoms with van der Waals surface area (Å²) in [5, 5.41) is 9.40. The van der Waals surface area contributed by atoms with Crippen LogP contribution in [-0.4, -0.2) is 15.2 Å². The Hall–Kier alpha value is -2.44. The van der Waals surface area contributed by atoms with E-state index >= 15 is 0 Å². The van der Waals surface area contributed by atoms with Gasteiger partial charge in [0.25, 0.3) is 11.8 Å². The fraction of sp³-hybridized carbons (Fsp3) is 0.0625. The molecule has 0 N–H and O–H groups in total. The predicted molar refractivity (Wildman–Crippen MR) is 88.7 cm³/mol. The van der Waals surface area contributed by atoms with Crippen molar-refractivity contribution >= 4 is 33.2 Å². The van der Waals surface area contributed by atoms with Gasteiger partial charge in [-0.3, -0.25) is 0 Å². The topological polar surface area (TPSA) is 61.0 Å². The molecule has 5 nitrogen and oxygen atoms in total. The molecular formula is C16H10ClN3O2S.